The zero-order chi connectivity index (χ0) is 17.5. The van der Waals surface area contributed by atoms with Gasteiger partial charge in [0, 0.05) is 30.1 Å². The number of para-hydroxylation sites is 1. The van der Waals surface area contributed by atoms with E-state index in [4.69, 9.17) is 0 Å². The molecule has 0 aliphatic heterocycles. The molecule has 0 unspecified atom stereocenters. The Hall–Kier alpha value is -2.89. The number of rotatable bonds is 8. The Morgan fingerprint density at radius 2 is 1.92 bits per heavy atom. The molecule has 0 aliphatic rings. The van der Waals surface area contributed by atoms with Gasteiger partial charge in [-0.3, -0.25) is 4.79 Å². The molecule has 130 valence electrons. The van der Waals surface area contributed by atoms with Crippen molar-refractivity contribution in [1.29, 1.82) is 0 Å². The number of fused-ring (bicyclic) bond motifs is 1. The number of aromatic amines is 1. The minimum Gasteiger partial charge on any atom is -0.368 e. The first kappa shape index (κ1) is 17.0. The molecule has 1 aromatic carbocycles. The molecule has 3 aromatic rings. The molecule has 0 fully saturated rings. The third-order valence-corrected chi connectivity index (χ3v) is 4.06. The Morgan fingerprint density at radius 1 is 1.12 bits per heavy atom. The van der Waals surface area contributed by atoms with Gasteiger partial charge in [-0.05, 0) is 36.6 Å². The second kappa shape index (κ2) is 8.28. The highest BCUT2D eigenvalue weighted by Gasteiger charge is 2.05. The van der Waals surface area contributed by atoms with E-state index in [0.29, 0.717) is 18.1 Å². The summed E-state index contributed by atoms with van der Waals surface area (Å²) in [6.45, 7) is 2.82. The van der Waals surface area contributed by atoms with Crippen LogP contribution in [0.1, 0.15) is 31.7 Å². The topological polar surface area (TPSA) is 82.7 Å². The van der Waals surface area contributed by atoms with E-state index in [-0.39, 0.29) is 5.91 Å². The van der Waals surface area contributed by atoms with Crippen LogP contribution < -0.4 is 10.6 Å². The molecule has 2 aromatic heterocycles. The fourth-order valence-electron chi connectivity index (χ4n) is 2.70. The van der Waals surface area contributed by atoms with E-state index in [2.05, 4.69) is 44.9 Å². The summed E-state index contributed by atoms with van der Waals surface area (Å²) < 4.78 is 0. The Morgan fingerprint density at radius 3 is 2.72 bits per heavy atom. The molecule has 3 N–H and O–H groups in total. The molecule has 6 heteroatoms. The number of nitrogens with one attached hydrogen (secondary N) is 3. The predicted molar refractivity (Wildman–Crippen MR) is 101 cm³/mol. The van der Waals surface area contributed by atoms with E-state index in [0.717, 1.165) is 31.3 Å². The van der Waals surface area contributed by atoms with Crippen molar-refractivity contribution in [2.45, 2.75) is 32.6 Å². The highest BCUT2D eigenvalue weighted by molar-refractivity contribution is 5.89. The summed E-state index contributed by atoms with van der Waals surface area (Å²) in [5.74, 6) is 1.17. The first-order valence-corrected chi connectivity index (χ1v) is 8.68. The third kappa shape index (κ3) is 4.56. The molecule has 6 nitrogen and oxygen atoms in total. The van der Waals surface area contributed by atoms with Gasteiger partial charge in [0.2, 0.25) is 5.91 Å². The van der Waals surface area contributed by atoms with Crippen LogP contribution in [0.4, 0.5) is 11.6 Å². The van der Waals surface area contributed by atoms with E-state index >= 15 is 0 Å². The van der Waals surface area contributed by atoms with Gasteiger partial charge in [0.05, 0.1) is 0 Å². The number of benzene rings is 1. The van der Waals surface area contributed by atoms with Gasteiger partial charge in [0.25, 0.3) is 0 Å². The van der Waals surface area contributed by atoms with Gasteiger partial charge in [0.15, 0.2) is 5.82 Å². The Labute approximate surface area is 147 Å². The lowest BCUT2D eigenvalue weighted by Gasteiger charge is -2.06. The normalized spacial score (nSPS) is 10.8. The summed E-state index contributed by atoms with van der Waals surface area (Å²) in [6, 6.07) is 11.9. The molecule has 0 radical (unpaired) electrons. The number of unbranched alkanes of at least 4 members (excludes halogenated alkanes) is 1. The molecule has 0 bridgehead atoms. The molecular formula is C19H23N5O. The Kier molecular flexibility index (Phi) is 5.61. The largest absolute Gasteiger partial charge is 0.368 e. The fraction of sp³-hybridized carbons (Fsp3) is 0.316. The quantitative estimate of drug-likeness (QED) is 0.585. The first-order chi connectivity index (χ1) is 12.3. The minimum absolute atomic E-state index is 0.0174. The number of anilines is 2. The summed E-state index contributed by atoms with van der Waals surface area (Å²) in [7, 11) is 0. The fourth-order valence-corrected chi connectivity index (χ4v) is 2.70. The van der Waals surface area contributed by atoms with Gasteiger partial charge >= 0.3 is 0 Å². The van der Waals surface area contributed by atoms with Gasteiger partial charge in [-0.25, -0.2) is 0 Å². The maximum Gasteiger partial charge on any atom is 0.225 e. The number of aromatic nitrogens is 3. The molecule has 0 saturated heterocycles. The number of carbonyl (C=O) groups excluding carboxylic acids is 1. The number of amides is 1. The van der Waals surface area contributed by atoms with Crippen LogP contribution in [-0.4, -0.2) is 27.6 Å². The Bertz CT molecular complexity index is 825. The van der Waals surface area contributed by atoms with Gasteiger partial charge in [-0.15, -0.1) is 10.2 Å². The number of nitrogens with zero attached hydrogens (tertiary/aromatic N) is 2. The SMILES string of the molecule is CCCCC(=O)Nc1ccc(NCCc2c[nH]c3ccccc23)nn1. The first-order valence-electron chi connectivity index (χ1n) is 8.68. The van der Waals surface area contributed by atoms with Gasteiger partial charge in [-0.2, -0.15) is 0 Å². The summed E-state index contributed by atoms with van der Waals surface area (Å²) in [5.41, 5.74) is 2.43. The predicted octanol–water partition coefficient (Wildman–Crippen LogP) is 3.74. The standard InChI is InChI=1S/C19H23N5O/c1-2-3-8-19(25)22-18-10-9-17(23-24-18)20-12-11-14-13-21-16-7-5-4-6-15(14)16/h4-7,9-10,13,21H,2-3,8,11-12H2,1H3,(H,20,23)(H,22,24,25). The second-order valence-electron chi connectivity index (χ2n) is 5.99. The molecule has 0 aliphatic carbocycles. The van der Waals surface area contributed by atoms with Crippen molar-refractivity contribution in [3.8, 4) is 0 Å². The Balaban J connectivity index is 1.49. The summed E-state index contributed by atoms with van der Waals surface area (Å²) in [6.07, 6.45) is 5.34. The molecule has 2 heterocycles. The van der Waals surface area contributed by atoms with Crippen LogP contribution >= 0.6 is 0 Å². The smallest absolute Gasteiger partial charge is 0.225 e. The molecule has 1 amide bonds. The minimum atomic E-state index is -0.0174. The van der Waals surface area contributed by atoms with Crippen LogP contribution in [0.25, 0.3) is 10.9 Å². The van der Waals surface area contributed by atoms with E-state index in [1.165, 1.54) is 10.9 Å². The molecule has 0 spiro atoms. The van der Waals surface area contributed by atoms with Crippen LogP contribution in [-0.2, 0) is 11.2 Å². The molecule has 0 atom stereocenters. The highest BCUT2D eigenvalue weighted by Crippen LogP contribution is 2.18. The lowest BCUT2D eigenvalue weighted by molar-refractivity contribution is -0.116. The van der Waals surface area contributed by atoms with Crippen molar-refractivity contribution in [2.24, 2.45) is 0 Å². The van der Waals surface area contributed by atoms with Gasteiger partial charge in [0.1, 0.15) is 5.82 Å². The average Bonchev–Trinajstić information content (AvgIpc) is 3.05. The number of carbonyl (C=O) groups is 1. The van der Waals surface area contributed by atoms with Crippen LogP contribution in [0.2, 0.25) is 0 Å². The maximum atomic E-state index is 11.7. The number of hydrogen-bond donors (Lipinski definition) is 3. The van der Waals surface area contributed by atoms with Crippen LogP contribution in [0.3, 0.4) is 0 Å². The highest BCUT2D eigenvalue weighted by atomic mass is 16.1. The third-order valence-electron chi connectivity index (χ3n) is 4.06. The van der Waals surface area contributed by atoms with Crippen LogP contribution in [0, 0.1) is 0 Å². The van der Waals surface area contributed by atoms with Gasteiger partial charge < -0.3 is 15.6 Å². The molecule has 0 saturated carbocycles. The van der Waals surface area contributed by atoms with Crippen molar-refractivity contribution in [2.75, 3.05) is 17.2 Å². The van der Waals surface area contributed by atoms with Crippen molar-refractivity contribution < 1.29 is 4.79 Å². The monoisotopic (exact) mass is 337 g/mol. The molecule has 25 heavy (non-hydrogen) atoms. The number of hydrogen-bond acceptors (Lipinski definition) is 4. The van der Waals surface area contributed by atoms with E-state index in [9.17, 15) is 4.79 Å². The van der Waals surface area contributed by atoms with Crippen molar-refractivity contribution in [1.82, 2.24) is 15.2 Å². The number of H-pyrrole nitrogens is 1. The summed E-state index contributed by atoms with van der Waals surface area (Å²) in [4.78, 5) is 15.0. The molecule has 3 rings (SSSR count). The summed E-state index contributed by atoms with van der Waals surface area (Å²) >= 11 is 0. The van der Waals surface area contributed by atoms with E-state index < -0.39 is 0 Å². The second-order valence-corrected chi connectivity index (χ2v) is 5.99. The van der Waals surface area contributed by atoms with Crippen molar-refractivity contribution in [3.63, 3.8) is 0 Å². The van der Waals surface area contributed by atoms with E-state index in [1.807, 2.05) is 24.4 Å². The lowest BCUT2D eigenvalue weighted by Crippen LogP contribution is -2.13. The zero-order valence-corrected chi connectivity index (χ0v) is 14.4. The van der Waals surface area contributed by atoms with Gasteiger partial charge in [-0.1, -0.05) is 31.5 Å². The van der Waals surface area contributed by atoms with E-state index in [1.54, 1.807) is 6.07 Å². The van der Waals surface area contributed by atoms with Crippen molar-refractivity contribution in [3.05, 3.63) is 48.2 Å². The van der Waals surface area contributed by atoms with Crippen molar-refractivity contribution >= 4 is 28.4 Å². The summed E-state index contributed by atoms with van der Waals surface area (Å²) in [5, 5.41) is 15.4. The van der Waals surface area contributed by atoms with Crippen LogP contribution in [0.5, 0.6) is 0 Å². The van der Waals surface area contributed by atoms with Crippen LogP contribution in [0.15, 0.2) is 42.6 Å². The maximum absolute atomic E-state index is 11.7. The zero-order valence-electron chi connectivity index (χ0n) is 14.4. The lowest BCUT2D eigenvalue weighted by atomic mass is 10.1. The molecular weight excluding hydrogens is 314 g/mol. The average molecular weight is 337 g/mol.